The van der Waals surface area contributed by atoms with Crippen molar-refractivity contribution in [2.24, 2.45) is 5.73 Å². The van der Waals surface area contributed by atoms with Gasteiger partial charge in [-0.3, -0.25) is 4.79 Å². The summed E-state index contributed by atoms with van der Waals surface area (Å²) in [5.41, 5.74) is 6.45. The van der Waals surface area contributed by atoms with Crippen molar-refractivity contribution in [1.29, 1.82) is 0 Å². The number of amides is 1. The molecular weight excluding hydrogens is 319 g/mol. The summed E-state index contributed by atoms with van der Waals surface area (Å²) in [6.45, 7) is 0.495. The smallest absolute Gasteiger partial charge is 0.242 e. The maximum Gasteiger partial charge on any atom is 0.242 e. The van der Waals surface area contributed by atoms with Gasteiger partial charge in [-0.05, 0) is 30.5 Å². The molecule has 2 N–H and O–H groups in total. The number of hydrogen-bond donors (Lipinski definition) is 1. The molecular formula is C14H19Cl3N2O. The van der Waals surface area contributed by atoms with Crippen molar-refractivity contribution >= 4 is 41.5 Å². The summed E-state index contributed by atoms with van der Waals surface area (Å²) in [5.74, 6) is 0.0103. The molecule has 0 heterocycles. The Labute approximate surface area is 135 Å². The van der Waals surface area contributed by atoms with Crippen LogP contribution in [0.15, 0.2) is 18.2 Å². The minimum Gasteiger partial charge on any atom is -0.340 e. The normalized spacial score (nSPS) is 16.6. The number of carbonyl (C=O) groups is 1. The van der Waals surface area contributed by atoms with Gasteiger partial charge in [-0.15, -0.1) is 12.4 Å². The summed E-state index contributed by atoms with van der Waals surface area (Å²) in [6.07, 6.45) is 3.61. The van der Waals surface area contributed by atoms with E-state index in [-0.39, 0.29) is 18.3 Å². The quantitative estimate of drug-likeness (QED) is 0.915. The lowest BCUT2D eigenvalue weighted by Gasteiger charge is -2.28. The van der Waals surface area contributed by atoms with Gasteiger partial charge in [0.05, 0.1) is 15.6 Å². The van der Waals surface area contributed by atoms with Crippen molar-refractivity contribution in [2.75, 3.05) is 7.05 Å². The molecule has 1 aliphatic rings. The second kappa shape index (κ2) is 6.99. The SMILES string of the molecule is CN(Cc1ccc(Cl)c(Cl)c1)C(=O)C1(N)CCCC1.Cl. The van der Waals surface area contributed by atoms with E-state index in [0.717, 1.165) is 31.2 Å². The highest BCUT2D eigenvalue weighted by molar-refractivity contribution is 6.42. The number of carbonyl (C=O) groups excluding carboxylic acids is 1. The van der Waals surface area contributed by atoms with Crippen molar-refractivity contribution < 1.29 is 4.79 Å². The van der Waals surface area contributed by atoms with Gasteiger partial charge in [0.15, 0.2) is 0 Å². The number of halogens is 3. The first kappa shape index (κ1) is 17.6. The second-order valence-corrected chi connectivity index (χ2v) is 6.09. The van der Waals surface area contributed by atoms with E-state index in [4.69, 9.17) is 28.9 Å². The van der Waals surface area contributed by atoms with Gasteiger partial charge in [-0.2, -0.15) is 0 Å². The van der Waals surface area contributed by atoms with Crippen LogP contribution in [0, 0.1) is 0 Å². The first-order chi connectivity index (χ1) is 8.92. The van der Waals surface area contributed by atoms with Gasteiger partial charge in [0, 0.05) is 13.6 Å². The van der Waals surface area contributed by atoms with Gasteiger partial charge < -0.3 is 10.6 Å². The fraction of sp³-hybridized carbons (Fsp3) is 0.500. The summed E-state index contributed by atoms with van der Waals surface area (Å²) in [6, 6.07) is 5.40. The van der Waals surface area contributed by atoms with Crippen LogP contribution in [0.25, 0.3) is 0 Å². The van der Waals surface area contributed by atoms with E-state index in [1.807, 2.05) is 6.07 Å². The molecule has 112 valence electrons. The van der Waals surface area contributed by atoms with Crippen LogP contribution < -0.4 is 5.73 Å². The van der Waals surface area contributed by atoms with Crippen LogP contribution in [-0.2, 0) is 11.3 Å². The van der Waals surface area contributed by atoms with E-state index in [1.165, 1.54) is 0 Å². The van der Waals surface area contributed by atoms with Crippen LogP contribution in [0.4, 0.5) is 0 Å². The van der Waals surface area contributed by atoms with Gasteiger partial charge in [0.2, 0.25) is 5.91 Å². The molecule has 0 unspecified atom stereocenters. The molecule has 1 amide bonds. The molecule has 1 aliphatic carbocycles. The molecule has 0 aliphatic heterocycles. The van der Waals surface area contributed by atoms with Gasteiger partial charge in [0.1, 0.15) is 0 Å². The van der Waals surface area contributed by atoms with Crippen LogP contribution in [0.2, 0.25) is 10.0 Å². The third-order valence-electron chi connectivity index (χ3n) is 3.67. The van der Waals surface area contributed by atoms with E-state index in [0.29, 0.717) is 16.6 Å². The second-order valence-electron chi connectivity index (χ2n) is 5.27. The monoisotopic (exact) mass is 336 g/mol. The van der Waals surface area contributed by atoms with Crippen molar-refractivity contribution in [3.8, 4) is 0 Å². The minimum atomic E-state index is -0.676. The topological polar surface area (TPSA) is 46.3 Å². The molecule has 0 spiro atoms. The standard InChI is InChI=1S/C14H18Cl2N2O.ClH/c1-18(13(19)14(17)6-2-3-7-14)9-10-4-5-11(15)12(16)8-10;/h4-5,8H,2-3,6-7,9,17H2,1H3;1H. The predicted molar refractivity (Wildman–Crippen MR) is 85.6 cm³/mol. The lowest BCUT2D eigenvalue weighted by Crippen LogP contribution is -2.52. The fourth-order valence-electron chi connectivity index (χ4n) is 2.58. The third kappa shape index (κ3) is 3.79. The Morgan fingerprint density at radius 1 is 1.30 bits per heavy atom. The van der Waals surface area contributed by atoms with E-state index in [9.17, 15) is 4.79 Å². The maximum absolute atomic E-state index is 12.4. The molecule has 1 saturated carbocycles. The Bertz CT molecular complexity index is 487. The Morgan fingerprint density at radius 3 is 2.45 bits per heavy atom. The summed E-state index contributed by atoms with van der Waals surface area (Å²) in [5, 5.41) is 1.02. The van der Waals surface area contributed by atoms with Crippen molar-refractivity contribution in [2.45, 2.75) is 37.8 Å². The largest absolute Gasteiger partial charge is 0.340 e. The zero-order valence-corrected chi connectivity index (χ0v) is 13.7. The number of likely N-dealkylation sites (N-methyl/N-ethyl adjacent to an activating group) is 1. The van der Waals surface area contributed by atoms with E-state index >= 15 is 0 Å². The Morgan fingerprint density at radius 2 is 1.90 bits per heavy atom. The lowest BCUT2D eigenvalue weighted by atomic mass is 9.97. The van der Waals surface area contributed by atoms with Gasteiger partial charge in [-0.1, -0.05) is 42.1 Å². The van der Waals surface area contributed by atoms with Crippen LogP contribution in [0.3, 0.4) is 0 Å². The molecule has 0 radical (unpaired) electrons. The summed E-state index contributed by atoms with van der Waals surface area (Å²) >= 11 is 11.8. The molecule has 1 fully saturated rings. The van der Waals surface area contributed by atoms with E-state index in [2.05, 4.69) is 0 Å². The highest BCUT2D eigenvalue weighted by Crippen LogP contribution is 2.29. The van der Waals surface area contributed by atoms with Gasteiger partial charge in [-0.25, -0.2) is 0 Å². The highest BCUT2D eigenvalue weighted by atomic mass is 35.5. The first-order valence-electron chi connectivity index (χ1n) is 6.41. The number of benzene rings is 1. The molecule has 0 saturated heterocycles. The Hall–Kier alpha value is -0.480. The Kier molecular flexibility index (Phi) is 6.14. The van der Waals surface area contributed by atoms with Crippen molar-refractivity contribution in [3.63, 3.8) is 0 Å². The van der Waals surface area contributed by atoms with Gasteiger partial charge >= 0.3 is 0 Å². The first-order valence-corrected chi connectivity index (χ1v) is 7.16. The molecule has 0 bridgehead atoms. The molecule has 3 nitrogen and oxygen atoms in total. The zero-order valence-electron chi connectivity index (χ0n) is 11.4. The minimum absolute atomic E-state index is 0. The van der Waals surface area contributed by atoms with E-state index in [1.54, 1.807) is 24.1 Å². The molecule has 2 rings (SSSR count). The molecule has 1 aromatic carbocycles. The lowest BCUT2D eigenvalue weighted by molar-refractivity contribution is -0.136. The number of nitrogens with zero attached hydrogens (tertiary/aromatic N) is 1. The maximum atomic E-state index is 12.4. The number of nitrogens with two attached hydrogens (primary N) is 1. The number of rotatable bonds is 3. The predicted octanol–water partition coefficient (Wildman–Crippen LogP) is 3.65. The zero-order chi connectivity index (χ0) is 14.0. The Balaban J connectivity index is 0.00000200. The van der Waals surface area contributed by atoms with Gasteiger partial charge in [0.25, 0.3) is 0 Å². The van der Waals surface area contributed by atoms with Crippen LogP contribution in [0.1, 0.15) is 31.2 Å². The summed E-state index contributed by atoms with van der Waals surface area (Å²) in [7, 11) is 1.78. The van der Waals surface area contributed by atoms with Crippen LogP contribution in [-0.4, -0.2) is 23.4 Å². The average molecular weight is 338 g/mol. The molecule has 1 aromatic rings. The van der Waals surface area contributed by atoms with Crippen LogP contribution >= 0.6 is 35.6 Å². The summed E-state index contributed by atoms with van der Waals surface area (Å²) in [4.78, 5) is 14.0. The number of hydrogen-bond acceptors (Lipinski definition) is 2. The third-order valence-corrected chi connectivity index (χ3v) is 4.41. The molecule has 6 heteroatoms. The van der Waals surface area contributed by atoms with Crippen molar-refractivity contribution in [1.82, 2.24) is 4.90 Å². The fourth-order valence-corrected chi connectivity index (χ4v) is 2.90. The summed E-state index contributed by atoms with van der Waals surface area (Å²) < 4.78 is 0. The molecule has 20 heavy (non-hydrogen) atoms. The van der Waals surface area contributed by atoms with E-state index < -0.39 is 5.54 Å². The average Bonchev–Trinajstić information content (AvgIpc) is 2.81. The highest BCUT2D eigenvalue weighted by Gasteiger charge is 2.38. The molecule has 0 atom stereocenters. The van der Waals surface area contributed by atoms with Crippen molar-refractivity contribution in [3.05, 3.63) is 33.8 Å². The van der Waals surface area contributed by atoms with Crippen LogP contribution in [0.5, 0.6) is 0 Å². The molecule has 0 aromatic heterocycles.